The van der Waals surface area contributed by atoms with Crippen LogP contribution < -0.4 is 9.62 Å². The highest BCUT2D eigenvalue weighted by atomic mass is 32.2. The molecule has 3 aromatic carbocycles. The first-order valence-electron chi connectivity index (χ1n) is 12.0. The third-order valence-electron chi connectivity index (χ3n) is 6.53. The molecule has 1 aromatic heterocycles. The number of hydrogen-bond acceptors (Lipinski definition) is 7. The molecule has 9 heteroatoms. The lowest BCUT2D eigenvalue weighted by atomic mass is 10.1. The number of fused-ring (bicyclic) bond motifs is 1. The van der Waals surface area contributed by atoms with Crippen LogP contribution in [0.15, 0.2) is 77.7 Å². The highest BCUT2D eigenvalue weighted by molar-refractivity contribution is 7.92. The minimum atomic E-state index is -3.68. The number of rotatable bonds is 9. The summed E-state index contributed by atoms with van der Waals surface area (Å²) in [5.41, 5.74) is 2.55. The zero-order valence-electron chi connectivity index (χ0n) is 20.3. The van der Waals surface area contributed by atoms with E-state index in [1.807, 2.05) is 24.3 Å². The molecule has 0 bridgehead atoms. The number of aromatic nitrogens is 1. The molecule has 188 valence electrons. The van der Waals surface area contributed by atoms with Gasteiger partial charge in [-0.15, -0.1) is 0 Å². The number of piperazine rings is 1. The number of nitrogens with zero attached hydrogens (tertiary/aromatic N) is 3. The van der Waals surface area contributed by atoms with Crippen LogP contribution in [0.1, 0.15) is 11.1 Å². The first-order valence-corrected chi connectivity index (χ1v) is 14.3. The molecule has 1 saturated heterocycles. The smallest absolute Gasteiger partial charge is 0.261 e. The maximum absolute atomic E-state index is 13.0. The third kappa shape index (κ3) is 5.54. The largest absolute Gasteiger partial charge is 0.380 e. The van der Waals surface area contributed by atoms with Gasteiger partial charge in [0, 0.05) is 45.2 Å². The molecule has 1 N–H and O–H groups in total. The van der Waals surface area contributed by atoms with Gasteiger partial charge in [-0.1, -0.05) is 42.5 Å². The molecule has 5 rings (SSSR count). The lowest BCUT2D eigenvalue weighted by Gasteiger charge is -2.35. The lowest BCUT2D eigenvalue weighted by Crippen LogP contribution is -2.47. The van der Waals surface area contributed by atoms with Crippen LogP contribution in [0.25, 0.3) is 10.1 Å². The summed E-state index contributed by atoms with van der Waals surface area (Å²) in [7, 11) is -2.06. The maximum Gasteiger partial charge on any atom is 0.261 e. The molecule has 1 aliphatic heterocycles. The SMILES string of the molecule is COCc1ccc(S(=O)(=O)Nc2ccccc2CCN2CCN(c3nsc4ccccc34)CC2)cc1. The van der Waals surface area contributed by atoms with Crippen molar-refractivity contribution >= 4 is 43.1 Å². The van der Waals surface area contributed by atoms with Gasteiger partial charge in [-0.3, -0.25) is 9.62 Å². The zero-order chi connectivity index (χ0) is 25.0. The second kappa shape index (κ2) is 11.0. The van der Waals surface area contributed by atoms with Crippen molar-refractivity contribution < 1.29 is 13.2 Å². The molecule has 7 nitrogen and oxygen atoms in total. The quantitative estimate of drug-likeness (QED) is 0.346. The molecule has 36 heavy (non-hydrogen) atoms. The Morgan fingerprint density at radius 1 is 0.944 bits per heavy atom. The number of nitrogens with one attached hydrogen (secondary N) is 1. The van der Waals surface area contributed by atoms with Crippen molar-refractivity contribution in [2.75, 3.05) is 49.5 Å². The van der Waals surface area contributed by atoms with Gasteiger partial charge in [-0.25, -0.2) is 8.42 Å². The van der Waals surface area contributed by atoms with Crippen molar-refractivity contribution in [2.24, 2.45) is 0 Å². The van der Waals surface area contributed by atoms with Crippen molar-refractivity contribution in [2.45, 2.75) is 17.9 Å². The van der Waals surface area contributed by atoms with Gasteiger partial charge >= 0.3 is 0 Å². The van der Waals surface area contributed by atoms with E-state index in [0.29, 0.717) is 12.3 Å². The monoisotopic (exact) mass is 522 g/mol. The predicted molar refractivity (Wildman–Crippen MR) is 146 cm³/mol. The molecule has 0 aliphatic carbocycles. The van der Waals surface area contributed by atoms with Gasteiger partial charge in [0.15, 0.2) is 0 Å². The Balaban J connectivity index is 1.19. The maximum atomic E-state index is 13.0. The molecule has 0 amide bonds. The fourth-order valence-electron chi connectivity index (χ4n) is 4.54. The van der Waals surface area contributed by atoms with Crippen LogP contribution in [-0.2, 0) is 27.8 Å². The molecule has 0 saturated carbocycles. The Labute approximate surface area is 216 Å². The van der Waals surface area contributed by atoms with Crippen molar-refractivity contribution in [3.05, 3.63) is 83.9 Å². The summed E-state index contributed by atoms with van der Waals surface area (Å²) in [6, 6.07) is 22.8. The normalized spacial score (nSPS) is 14.9. The number of methoxy groups -OCH3 is 1. The average molecular weight is 523 g/mol. The summed E-state index contributed by atoms with van der Waals surface area (Å²) < 4.78 is 39.8. The van der Waals surface area contributed by atoms with E-state index in [0.717, 1.165) is 56.1 Å². The molecule has 0 spiro atoms. The standard InChI is InChI=1S/C27H30N4O3S2/c1-34-20-21-10-12-23(13-11-21)36(32,33)29-25-8-4-2-6-22(25)14-15-30-16-18-31(19-17-30)27-24-7-3-5-9-26(24)35-28-27/h2-13,29H,14-20H2,1H3. The van der Waals surface area contributed by atoms with Crippen LogP contribution >= 0.6 is 11.5 Å². The minimum Gasteiger partial charge on any atom is -0.380 e. The van der Waals surface area contributed by atoms with E-state index in [2.05, 4.69) is 38.8 Å². The summed E-state index contributed by atoms with van der Waals surface area (Å²) in [6.07, 6.45) is 0.769. The van der Waals surface area contributed by atoms with Gasteiger partial charge in [-0.05, 0) is 59.4 Å². The van der Waals surface area contributed by atoms with E-state index in [4.69, 9.17) is 9.11 Å². The van der Waals surface area contributed by atoms with Gasteiger partial charge < -0.3 is 9.64 Å². The van der Waals surface area contributed by atoms with Gasteiger partial charge in [0.05, 0.1) is 21.9 Å². The van der Waals surface area contributed by atoms with Crippen LogP contribution in [0.2, 0.25) is 0 Å². The molecule has 0 radical (unpaired) electrons. The van der Waals surface area contributed by atoms with E-state index in [-0.39, 0.29) is 4.90 Å². The summed E-state index contributed by atoms with van der Waals surface area (Å²) in [4.78, 5) is 5.04. The van der Waals surface area contributed by atoms with Gasteiger partial charge in [-0.2, -0.15) is 4.37 Å². The molecular weight excluding hydrogens is 492 g/mol. The minimum absolute atomic E-state index is 0.239. The van der Waals surface area contributed by atoms with Crippen LogP contribution in [0.3, 0.4) is 0 Å². The first kappa shape index (κ1) is 24.7. The van der Waals surface area contributed by atoms with Crippen LogP contribution in [0, 0.1) is 0 Å². The van der Waals surface area contributed by atoms with E-state index < -0.39 is 10.0 Å². The van der Waals surface area contributed by atoms with Crippen molar-refractivity contribution in [3.8, 4) is 0 Å². The molecular formula is C27H30N4O3S2. The first-order chi connectivity index (χ1) is 17.5. The van der Waals surface area contributed by atoms with Gasteiger partial charge in [0.25, 0.3) is 10.0 Å². The van der Waals surface area contributed by atoms with E-state index in [1.165, 1.54) is 10.1 Å². The number of anilines is 2. The summed E-state index contributed by atoms with van der Waals surface area (Å²) >= 11 is 1.56. The van der Waals surface area contributed by atoms with Gasteiger partial charge in [0.2, 0.25) is 0 Å². The number of benzene rings is 3. The average Bonchev–Trinajstić information content (AvgIpc) is 3.33. The number of hydrogen-bond donors (Lipinski definition) is 1. The second-order valence-corrected chi connectivity index (χ2v) is 11.4. The molecule has 2 heterocycles. The fraction of sp³-hybridized carbons (Fsp3) is 0.296. The van der Waals surface area contributed by atoms with E-state index >= 15 is 0 Å². The molecule has 0 unspecified atom stereocenters. The van der Waals surface area contributed by atoms with E-state index in [9.17, 15) is 8.42 Å². The Morgan fingerprint density at radius 3 is 2.44 bits per heavy atom. The van der Waals surface area contributed by atoms with Crippen LogP contribution in [-0.4, -0.2) is 57.5 Å². The molecule has 0 atom stereocenters. The summed E-state index contributed by atoms with van der Waals surface area (Å²) in [6.45, 7) is 5.09. The molecule has 1 aliphatic rings. The number of ether oxygens (including phenoxy) is 1. The summed E-state index contributed by atoms with van der Waals surface area (Å²) in [5, 5.41) is 1.23. The molecule has 4 aromatic rings. The number of sulfonamides is 1. The van der Waals surface area contributed by atoms with E-state index in [1.54, 1.807) is 42.9 Å². The Kier molecular flexibility index (Phi) is 7.52. The Morgan fingerprint density at radius 2 is 1.67 bits per heavy atom. The molecule has 1 fully saturated rings. The second-order valence-electron chi connectivity index (χ2n) is 8.92. The van der Waals surface area contributed by atoms with Gasteiger partial charge in [0.1, 0.15) is 5.82 Å². The Hall–Kier alpha value is -2.98. The lowest BCUT2D eigenvalue weighted by molar-refractivity contribution is 0.185. The third-order valence-corrected chi connectivity index (χ3v) is 8.73. The fourth-order valence-corrected chi connectivity index (χ4v) is 6.43. The van der Waals surface area contributed by atoms with Crippen LogP contribution in [0.4, 0.5) is 11.5 Å². The van der Waals surface area contributed by atoms with Crippen molar-refractivity contribution in [1.82, 2.24) is 9.27 Å². The highest BCUT2D eigenvalue weighted by Gasteiger charge is 2.21. The summed E-state index contributed by atoms with van der Waals surface area (Å²) in [5.74, 6) is 1.09. The van der Waals surface area contributed by atoms with Crippen LogP contribution in [0.5, 0.6) is 0 Å². The Bertz CT molecular complexity index is 1410. The van der Waals surface area contributed by atoms with Crippen molar-refractivity contribution in [1.29, 1.82) is 0 Å². The topological polar surface area (TPSA) is 74.8 Å². The number of para-hydroxylation sites is 1. The van der Waals surface area contributed by atoms with Crippen molar-refractivity contribution in [3.63, 3.8) is 0 Å². The predicted octanol–water partition coefficient (Wildman–Crippen LogP) is 4.61. The zero-order valence-corrected chi connectivity index (χ0v) is 21.9. The highest BCUT2D eigenvalue weighted by Crippen LogP contribution is 2.30.